The van der Waals surface area contributed by atoms with Gasteiger partial charge < -0.3 is 15.8 Å². The van der Waals surface area contributed by atoms with Crippen molar-refractivity contribution in [1.82, 2.24) is 9.97 Å². The Morgan fingerprint density at radius 3 is 2.80 bits per heavy atom. The van der Waals surface area contributed by atoms with Crippen molar-refractivity contribution in [3.63, 3.8) is 0 Å². The second-order valence-corrected chi connectivity index (χ2v) is 3.92. The Balaban J connectivity index is 2.45. The lowest BCUT2D eigenvalue weighted by molar-refractivity contribution is 0.318. The Bertz CT molecular complexity index is 632. The summed E-state index contributed by atoms with van der Waals surface area (Å²) in [6.07, 6.45) is 1.47. The van der Waals surface area contributed by atoms with Crippen molar-refractivity contribution < 1.29 is 9.60 Å². The van der Waals surface area contributed by atoms with Crippen molar-refractivity contribution in [1.29, 1.82) is 0 Å². The molecule has 0 saturated carbocycles. The van der Waals surface area contributed by atoms with Gasteiger partial charge >= 0.3 is 0 Å². The van der Waals surface area contributed by atoms with Crippen LogP contribution in [0, 0.1) is 5.82 Å². The molecule has 0 atom stereocenters. The molecule has 3 N–H and O–H groups in total. The predicted molar refractivity (Wildman–Crippen MR) is 73.6 cm³/mol. The number of rotatable bonds is 4. The molecular formula is C13H14FN5O. The Morgan fingerprint density at radius 1 is 1.40 bits per heavy atom. The molecule has 104 valence electrons. The van der Waals surface area contributed by atoms with E-state index in [1.807, 2.05) is 6.92 Å². The molecule has 0 fully saturated rings. The second kappa shape index (κ2) is 5.96. The Kier molecular flexibility index (Phi) is 4.09. The van der Waals surface area contributed by atoms with Crippen LogP contribution in [0.1, 0.15) is 12.6 Å². The summed E-state index contributed by atoms with van der Waals surface area (Å²) in [6, 6.07) is 7.85. The number of anilines is 2. The highest BCUT2D eigenvalue weighted by Crippen LogP contribution is 2.24. The first-order valence-corrected chi connectivity index (χ1v) is 6.00. The molecule has 20 heavy (non-hydrogen) atoms. The summed E-state index contributed by atoms with van der Waals surface area (Å²) in [5.74, 6) is -0.216. The van der Waals surface area contributed by atoms with E-state index in [9.17, 15) is 4.39 Å². The highest BCUT2D eigenvalue weighted by molar-refractivity contribution is 5.95. The first kappa shape index (κ1) is 13.7. The average Bonchev–Trinajstić information content (AvgIpc) is 2.49. The zero-order valence-corrected chi connectivity index (χ0v) is 10.9. The summed E-state index contributed by atoms with van der Waals surface area (Å²) in [7, 11) is 0. The Morgan fingerprint density at radius 2 is 2.15 bits per heavy atom. The van der Waals surface area contributed by atoms with Crippen molar-refractivity contribution >= 4 is 17.5 Å². The zero-order valence-electron chi connectivity index (χ0n) is 10.9. The fourth-order valence-electron chi connectivity index (χ4n) is 1.76. The summed E-state index contributed by atoms with van der Waals surface area (Å²) in [5, 5.41) is 11.6. The maximum absolute atomic E-state index is 13.9. The van der Waals surface area contributed by atoms with E-state index in [4.69, 9.17) is 10.9 Å². The molecule has 0 radical (unpaired) electrons. The van der Waals surface area contributed by atoms with Crippen LogP contribution in [0.3, 0.4) is 0 Å². The second-order valence-electron chi connectivity index (χ2n) is 3.92. The van der Waals surface area contributed by atoms with Gasteiger partial charge in [-0.2, -0.15) is 0 Å². The lowest BCUT2D eigenvalue weighted by Gasteiger charge is -2.21. The molecule has 0 bridgehead atoms. The molecule has 0 unspecified atom stereocenters. The molecule has 0 aliphatic heterocycles. The van der Waals surface area contributed by atoms with Crippen LogP contribution in [0.5, 0.6) is 0 Å². The third kappa shape index (κ3) is 2.66. The first-order chi connectivity index (χ1) is 9.67. The number of oxime groups is 1. The summed E-state index contributed by atoms with van der Waals surface area (Å²) < 4.78 is 13.9. The van der Waals surface area contributed by atoms with Crippen molar-refractivity contribution in [3.05, 3.63) is 48.0 Å². The number of nitrogens with zero attached hydrogens (tertiary/aromatic N) is 4. The Hall–Kier alpha value is -2.70. The summed E-state index contributed by atoms with van der Waals surface area (Å²) in [6.45, 7) is 2.33. The number of aromatic nitrogens is 2. The molecule has 7 heteroatoms. The van der Waals surface area contributed by atoms with Gasteiger partial charge in [0.25, 0.3) is 0 Å². The topological polar surface area (TPSA) is 87.6 Å². The van der Waals surface area contributed by atoms with Gasteiger partial charge in [-0.1, -0.05) is 17.3 Å². The Labute approximate surface area is 115 Å². The molecule has 0 amide bonds. The van der Waals surface area contributed by atoms with Gasteiger partial charge in [-0.3, -0.25) is 0 Å². The van der Waals surface area contributed by atoms with E-state index < -0.39 is 0 Å². The SMILES string of the molecule is CCN(c1nccc(/C(N)=N/O)n1)c1ccccc1F. The fraction of sp³-hybridized carbons (Fsp3) is 0.154. The van der Waals surface area contributed by atoms with Gasteiger partial charge in [-0.15, -0.1) is 0 Å². The molecule has 1 heterocycles. The van der Waals surface area contributed by atoms with Gasteiger partial charge in [-0.05, 0) is 25.1 Å². The van der Waals surface area contributed by atoms with Crippen LogP contribution in [-0.4, -0.2) is 27.6 Å². The minimum atomic E-state index is -0.368. The van der Waals surface area contributed by atoms with Crippen LogP contribution >= 0.6 is 0 Å². The number of amidine groups is 1. The average molecular weight is 275 g/mol. The predicted octanol–water partition coefficient (Wildman–Crippen LogP) is 1.87. The summed E-state index contributed by atoms with van der Waals surface area (Å²) >= 11 is 0. The van der Waals surface area contributed by atoms with Crippen molar-refractivity contribution in [2.45, 2.75) is 6.92 Å². The van der Waals surface area contributed by atoms with Gasteiger partial charge in [0.05, 0.1) is 5.69 Å². The van der Waals surface area contributed by atoms with Gasteiger partial charge in [0.15, 0.2) is 5.84 Å². The lowest BCUT2D eigenvalue weighted by Crippen LogP contribution is -2.22. The molecule has 0 aliphatic carbocycles. The van der Waals surface area contributed by atoms with E-state index in [0.29, 0.717) is 12.2 Å². The van der Waals surface area contributed by atoms with E-state index in [2.05, 4.69) is 15.1 Å². The zero-order chi connectivity index (χ0) is 14.5. The molecular weight excluding hydrogens is 261 g/mol. The number of para-hydroxylation sites is 1. The molecule has 2 aromatic rings. The minimum absolute atomic E-state index is 0.127. The molecule has 1 aromatic carbocycles. The van der Waals surface area contributed by atoms with Crippen LogP contribution in [0.15, 0.2) is 41.7 Å². The van der Waals surface area contributed by atoms with E-state index in [1.54, 1.807) is 23.1 Å². The van der Waals surface area contributed by atoms with Gasteiger partial charge in [0, 0.05) is 12.7 Å². The van der Waals surface area contributed by atoms with Crippen LogP contribution in [0.4, 0.5) is 16.0 Å². The monoisotopic (exact) mass is 275 g/mol. The minimum Gasteiger partial charge on any atom is -0.409 e. The van der Waals surface area contributed by atoms with E-state index in [0.717, 1.165) is 0 Å². The molecule has 0 aliphatic rings. The van der Waals surface area contributed by atoms with Crippen molar-refractivity contribution in [3.8, 4) is 0 Å². The summed E-state index contributed by atoms with van der Waals surface area (Å²) in [4.78, 5) is 9.87. The number of halogens is 1. The molecule has 6 nitrogen and oxygen atoms in total. The highest BCUT2D eigenvalue weighted by atomic mass is 19.1. The number of benzene rings is 1. The van der Waals surface area contributed by atoms with Crippen LogP contribution in [0.25, 0.3) is 0 Å². The van der Waals surface area contributed by atoms with Crippen molar-refractivity contribution in [2.24, 2.45) is 10.9 Å². The third-order valence-corrected chi connectivity index (χ3v) is 2.71. The number of hydrogen-bond donors (Lipinski definition) is 2. The van der Waals surface area contributed by atoms with E-state index in [1.165, 1.54) is 18.3 Å². The van der Waals surface area contributed by atoms with Crippen molar-refractivity contribution in [2.75, 3.05) is 11.4 Å². The normalized spacial score (nSPS) is 11.4. The third-order valence-electron chi connectivity index (χ3n) is 2.71. The van der Waals surface area contributed by atoms with Gasteiger partial charge in [-0.25, -0.2) is 14.4 Å². The van der Waals surface area contributed by atoms with E-state index >= 15 is 0 Å². The smallest absolute Gasteiger partial charge is 0.230 e. The van der Waals surface area contributed by atoms with Gasteiger partial charge in [0.2, 0.25) is 5.95 Å². The molecule has 0 saturated heterocycles. The van der Waals surface area contributed by atoms with Crippen LogP contribution in [-0.2, 0) is 0 Å². The van der Waals surface area contributed by atoms with Gasteiger partial charge in [0.1, 0.15) is 11.5 Å². The highest BCUT2D eigenvalue weighted by Gasteiger charge is 2.15. The molecule has 1 aromatic heterocycles. The lowest BCUT2D eigenvalue weighted by atomic mass is 10.3. The number of hydrogen-bond acceptors (Lipinski definition) is 5. The summed E-state index contributed by atoms with van der Waals surface area (Å²) in [5.41, 5.74) is 6.13. The van der Waals surface area contributed by atoms with Crippen LogP contribution < -0.4 is 10.6 Å². The standard InChI is InChI=1S/C13H14FN5O/c1-2-19(11-6-4-3-5-9(11)14)13-16-8-7-10(17-13)12(15)18-20/h3-8,20H,2H2,1H3,(H2,15,18). The molecule has 2 rings (SSSR count). The van der Waals surface area contributed by atoms with E-state index in [-0.39, 0.29) is 23.3 Å². The first-order valence-electron chi connectivity index (χ1n) is 6.00. The fourth-order valence-corrected chi connectivity index (χ4v) is 1.76. The largest absolute Gasteiger partial charge is 0.409 e. The maximum atomic E-state index is 13.9. The maximum Gasteiger partial charge on any atom is 0.230 e. The van der Waals surface area contributed by atoms with Crippen LogP contribution in [0.2, 0.25) is 0 Å². The quantitative estimate of drug-likeness (QED) is 0.385. The molecule has 0 spiro atoms. The number of nitrogens with two attached hydrogens (primary N) is 1.